The Morgan fingerprint density at radius 2 is 1.05 bits per heavy atom. The first-order valence-electron chi connectivity index (χ1n) is 21.2. The molecular weight excluding hydrogens is 759 g/mol. The highest BCUT2D eigenvalue weighted by molar-refractivity contribution is 7.26. The lowest BCUT2D eigenvalue weighted by molar-refractivity contribution is 0.648. The van der Waals surface area contributed by atoms with Gasteiger partial charge in [0.2, 0.25) is 0 Å². The predicted molar refractivity (Wildman–Crippen MR) is 256 cm³/mol. The highest BCUT2D eigenvalue weighted by Crippen LogP contribution is 2.59. The molecule has 0 N–H and O–H groups in total. The van der Waals surface area contributed by atoms with Crippen molar-refractivity contribution in [3.05, 3.63) is 234 Å². The predicted octanol–water partition coefficient (Wildman–Crippen LogP) is 16.1. The molecule has 0 bridgehead atoms. The van der Waals surface area contributed by atoms with Gasteiger partial charge in [0.05, 0.1) is 26.9 Å². The van der Waals surface area contributed by atoms with E-state index in [-0.39, 0.29) is 5.41 Å². The van der Waals surface area contributed by atoms with Crippen LogP contribution in [0.5, 0.6) is 0 Å². The Bertz CT molecular complexity index is 3540. The number of hydrogen-bond donors (Lipinski definition) is 0. The molecule has 2 nitrogen and oxygen atoms in total. The van der Waals surface area contributed by atoms with Crippen LogP contribution < -0.4 is 4.90 Å². The fourth-order valence-electron chi connectivity index (χ4n) is 11.1. The van der Waals surface area contributed by atoms with E-state index in [2.05, 4.69) is 219 Å². The molecule has 0 aliphatic heterocycles. The van der Waals surface area contributed by atoms with E-state index >= 15 is 0 Å². The third-order valence-corrected chi connectivity index (χ3v) is 15.0. The van der Waals surface area contributed by atoms with Crippen LogP contribution >= 0.6 is 11.3 Å². The Kier molecular flexibility index (Phi) is 7.19. The summed E-state index contributed by atoms with van der Waals surface area (Å²) in [5.41, 5.74) is 17.1. The van der Waals surface area contributed by atoms with Crippen LogP contribution in [0.1, 0.15) is 47.2 Å². The van der Waals surface area contributed by atoms with Crippen LogP contribution in [0.15, 0.2) is 205 Å². The van der Waals surface area contributed by atoms with Crippen molar-refractivity contribution in [2.45, 2.75) is 24.7 Å². The summed E-state index contributed by atoms with van der Waals surface area (Å²) in [5.74, 6) is 0. The lowest BCUT2D eigenvalue weighted by atomic mass is 9.67. The molecule has 13 rings (SSSR count). The minimum atomic E-state index is -0.626. The largest absolute Gasteiger partial charge is 0.456 e. The lowest BCUT2D eigenvalue weighted by Crippen LogP contribution is -2.29. The van der Waals surface area contributed by atoms with Crippen molar-refractivity contribution in [2.24, 2.45) is 0 Å². The van der Waals surface area contributed by atoms with Gasteiger partial charge >= 0.3 is 0 Å². The van der Waals surface area contributed by atoms with Crippen LogP contribution in [-0.4, -0.2) is 0 Å². The fourth-order valence-corrected chi connectivity index (χ4v) is 12.3. The normalized spacial score (nSPS) is 14.3. The summed E-state index contributed by atoms with van der Waals surface area (Å²) in [6.45, 7) is 4.74. The van der Waals surface area contributed by atoms with Crippen molar-refractivity contribution < 1.29 is 4.42 Å². The molecule has 2 aromatic heterocycles. The van der Waals surface area contributed by atoms with Crippen molar-refractivity contribution in [1.29, 1.82) is 0 Å². The fraction of sp³-hybridized carbons (Fsp3) is 0.0690. The van der Waals surface area contributed by atoms with E-state index in [0.29, 0.717) is 0 Å². The van der Waals surface area contributed by atoms with Crippen LogP contribution in [-0.2, 0) is 10.8 Å². The summed E-state index contributed by atoms with van der Waals surface area (Å²) in [4.78, 5) is 2.52. The maximum atomic E-state index is 7.30. The zero-order valence-corrected chi connectivity index (χ0v) is 34.6. The van der Waals surface area contributed by atoms with Crippen LogP contribution in [0.4, 0.5) is 17.1 Å². The zero-order chi connectivity index (χ0) is 40.5. The number of hydrogen-bond acceptors (Lipinski definition) is 3. The minimum Gasteiger partial charge on any atom is -0.456 e. The number of para-hydroxylation sites is 1. The third-order valence-electron chi connectivity index (χ3n) is 13.8. The standard InChI is InChI=1S/C58H39NOS/c1-57(2)45-25-11-6-19-38(45)41-32-31-37(35-49(41)57)59(51-28-16-24-43-42-22-10-15-30-53(42)61-56(43)51)50-34-33-48(55-54(50)44-23-9-14-29-52(44)60-55)58(36-17-4-3-5-18-36)46-26-12-7-20-39(46)40-21-8-13-27-47(40)58/h3-35H,1-2H3. The van der Waals surface area contributed by atoms with E-state index in [1.807, 2.05) is 11.3 Å². The van der Waals surface area contributed by atoms with E-state index in [1.54, 1.807) is 0 Å². The Labute approximate surface area is 358 Å². The summed E-state index contributed by atoms with van der Waals surface area (Å²) in [5, 5.41) is 4.75. The van der Waals surface area contributed by atoms with Gasteiger partial charge in [-0.15, -0.1) is 11.3 Å². The molecule has 0 saturated heterocycles. The number of thiophene rings is 1. The summed E-state index contributed by atoms with van der Waals surface area (Å²) < 4.78 is 9.84. The van der Waals surface area contributed by atoms with Crippen molar-refractivity contribution >= 4 is 70.5 Å². The van der Waals surface area contributed by atoms with Gasteiger partial charge in [0.15, 0.2) is 0 Å². The topological polar surface area (TPSA) is 16.4 Å². The monoisotopic (exact) mass is 797 g/mol. The summed E-state index contributed by atoms with van der Waals surface area (Å²) in [7, 11) is 0. The van der Waals surface area contributed by atoms with Crippen molar-refractivity contribution in [2.75, 3.05) is 4.90 Å². The van der Waals surface area contributed by atoms with E-state index in [4.69, 9.17) is 4.42 Å². The number of nitrogens with zero attached hydrogens (tertiary/aromatic N) is 1. The van der Waals surface area contributed by atoms with Crippen molar-refractivity contribution in [3.63, 3.8) is 0 Å². The average Bonchev–Trinajstić information content (AvgIpc) is 4.04. The van der Waals surface area contributed by atoms with Gasteiger partial charge in [-0.25, -0.2) is 0 Å². The molecule has 2 aliphatic carbocycles. The number of anilines is 3. The van der Waals surface area contributed by atoms with E-state index < -0.39 is 5.41 Å². The zero-order valence-electron chi connectivity index (χ0n) is 33.8. The van der Waals surface area contributed by atoms with E-state index in [0.717, 1.165) is 44.6 Å². The molecule has 3 heteroatoms. The van der Waals surface area contributed by atoms with Crippen LogP contribution in [0.3, 0.4) is 0 Å². The molecule has 2 aliphatic rings. The molecule has 0 unspecified atom stereocenters. The highest BCUT2D eigenvalue weighted by atomic mass is 32.1. The average molecular weight is 798 g/mol. The SMILES string of the molecule is CC1(C)c2ccccc2-c2ccc(N(c3cccc4c3sc3ccccc34)c3ccc(C4(c5ccccc5)c5ccccc5-c5ccccc54)c4oc5ccccc5c34)cc21. The second kappa shape index (κ2) is 12.7. The van der Waals surface area contributed by atoms with Gasteiger partial charge in [0.25, 0.3) is 0 Å². The first-order valence-corrected chi connectivity index (χ1v) is 22.0. The molecule has 0 radical (unpaired) electrons. The second-order valence-electron chi connectivity index (χ2n) is 17.1. The molecule has 9 aromatic carbocycles. The van der Waals surface area contributed by atoms with Gasteiger partial charge in [0, 0.05) is 37.5 Å². The highest BCUT2D eigenvalue weighted by Gasteiger charge is 2.48. The summed E-state index contributed by atoms with van der Waals surface area (Å²) in [6, 6.07) is 74.0. The van der Waals surface area contributed by atoms with Gasteiger partial charge in [-0.05, 0) is 86.5 Å². The first-order chi connectivity index (χ1) is 30.0. The van der Waals surface area contributed by atoms with Crippen LogP contribution in [0.2, 0.25) is 0 Å². The number of benzene rings is 9. The number of furan rings is 1. The molecule has 0 spiro atoms. The Hall–Kier alpha value is -7.20. The van der Waals surface area contributed by atoms with Crippen LogP contribution in [0.25, 0.3) is 64.4 Å². The van der Waals surface area contributed by atoms with E-state index in [9.17, 15) is 0 Å². The maximum Gasteiger partial charge on any atom is 0.142 e. The van der Waals surface area contributed by atoms with Gasteiger partial charge in [0.1, 0.15) is 11.2 Å². The van der Waals surface area contributed by atoms with Gasteiger partial charge in [-0.3, -0.25) is 0 Å². The molecular formula is C58H39NOS. The maximum absolute atomic E-state index is 7.30. The molecule has 0 atom stereocenters. The number of fused-ring (bicyclic) bond motifs is 12. The molecule has 2 heterocycles. The van der Waals surface area contributed by atoms with E-state index in [1.165, 1.54) is 70.2 Å². The molecule has 0 saturated carbocycles. The van der Waals surface area contributed by atoms with Gasteiger partial charge in [-0.1, -0.05) is 178 Å². The Morgan fingerprint density at radius 3 is 1.82 bits per heavy atom. The molecule has 288 valence electrons. The quantitative estimate of drug-likeness (QED) is 0.172. The molecule has 61 heavy (non-hydrogen) atoms. The third kappa shape index (κ3) is 4.62. The minimum absolute atomic E-state index is 0.163. The summed E-state index contributed by atoms with van der Waals surface area (Å²) in [6.07, 6.45) is 0. The number of rotatable bonds is 5. The van der Waals surface area contributed by atoms with Crippen LogP contribution in [0, 0.1) is 0 Å². The Balaban J connectivity index is 1.16. The smallest absolute Gasteiger partial charge is 0.142 e. The van der Waals surface area contributed by atoms with Gasteiger partial charge in [-0.2, -0.15) is 0 Å². The van der Waals surface area contributed by atoms with Gasteiger partial charge < -0.3 is 9.32 Å². The van der Waals surface area contributed by atoms with Crippen molar-refractivity contribution in [3.8, 4) is 22.3 Å². The van der Waals surface area contributed by atoms with Crippen molar-refractivity contribution in [1.82, 2.24) is 0 Å². The lowest BCUT2D eigenvalue weighted by Gasteiger charge is -2.35. The Morgan fingerprint density at radius 1 is 0.443 bits per heavy atom. The first kappa shape index (κ1) is 34.6. The molecule has 11 aromatic rings. The summed E-state index contributed by atoms with van der Waals surface area (Å²) >= 11 is 1.87. The molecule has 0 fully saturated rings. The second-order valence-corrected chi connectivity index (χ2v) is 18.2. The molecule has 0 amide bonds.